The van der Waals surface area contributed by atoms with Crippen LogP contribution in [0.25, 0.3) is 0 Å². The summed E-state index contributed by atoms with van der Waals surface area (Å²) < 4.78 is 16.6. The maximum absolute atomic E-state index is 11.6. The lowest BCUT2D eigenvalue weighted by Crippen LogP contribution is -2.41. The third-order valence-electron chi connectivity index (χ3n) is 4.58. The molecule has 1 fully saturated rings. The topological polar surface area (TPSA) is 65.0 Å². The van der Waals surface area contributed by atoms with Gasteiger partial charge in [-0.2, -0.15) is 0 Å². The summed E-state index contributed by atoms with van der Waals surface area (Å²) >= 11 is 0. The second-order valence-corrected chi connectivity index (χ2v) is 6.77. The van der Waals surface area contributed by atoms with Crippen LogP contribution in [0, 0.1) is 0 Å². The van der Waals surface area contributed by atoms with Crippen LogP contribution in [0.3, 0.4) is 0 Å². The van der Waals surface area contributed by atoms with Gasteiger partial charge in [-0.05, 0) is 45.6 Å². The van der Waals surface area contributed by atoms with Gasteiger partial charge >= 0.3 is 13.1 Å². The molecule has 1 aliphatic rings. The lowest BCUT2D eigenvalue weighted by Gasteiger charge is -2.32. The Morgan fingerprint density at radius 3 is 2.00 bits per heavy atom. The lowest BCUT2D eigenvalue weighted by atomic mass is 9.78. The van der Waals surface area contributed by atoms with E-state index in [1.807, 2.05) is 27.7 Å². The van der Waals surface area contributed by atoms with Gasteiger partial charge in [0, 0.05) is 0 Å². The van der Waals surface area contributed by atoms with E-state index in [9.17, 15) is 9.90 Å². The number of aliphatic hydroxyl groups is 1. The number of benzene rings is 1. The molecule has 0 radical (unpaired) electrons. The Morgan fingerprint density at radius 1 is 1.14 bits per heavy atom. The first-order valence-corrected chi connectivity index (χ1v) is 7.28. The minimum absolute atomic E-state index is 0.409. The van der Waals surface area contributed by atoms with Crippen LogP contribution in [-0.2, 0) is 24.4 Å². The van der Waals surface area contributed by atoms with E-state index in [0.29, 0.717) is 5.56 Å². The molecule has 0 aromatic heterocycles. The molecular formula is C16H23BO5. The maximum Gasteiger partial charge on any atom is 0.494 e. The van der Waals surface area contributed by atoms with Crippen LogP contribution in [0.1, 0.15) is 40.2 Å². The van der Waals surface area contributed by atoms with Gasteiger partial charge in [0.25, 0.3) is 0 Å². The SMILES string of the molecule is COC(=O)C(C)(O)c1ccc(B2OC(C)(C)C(C)(C)O2)cc1. The van der Waals surface area contributed by atoms with Gasteiger partial charge in [0.2, 0.25) is 0 Å². The van der Waals surface area contributed by atoms with Crippen molar-refractivity contribution in [3.05, 3.63) is 29.8 Å². The van der Waals surface area contributed by atoms with E-state index in [-0.39, 0.29) is 0 Å². The van der Waals surface area contributed by atoms with Gasteiger partial charge in [0.05, 0.1) is 18.3 Å². The molecule has 1 atom stereocenters. The predicted molar refractivity (Wildman–Crippen MR) is 83.7 cm³/mol. The molecule has 1 saturated heterocycles. The second kappa shape index (κ2) is 5.37. The number of hydrogen-bond donors (Lipinski definition) is 1. The third-order valence-corrected chi connectivity index (χ3v) is 4.58. The van der Waals surface area contributed by atoms with E-state index in [1.165, 1.54) is 14.0 Å². The molecule has 5 nitrogen and oxygen atoms in total. The average molecular weight is 306 g/mol. The standard InChI is InChI=1S/C16H23BO5/c1-14(2)15(3,4)22-17(21-14)12-9-7-11(8-10-12)16(5,19)13(18)20-6/h7-10,19H,1-6H3. The number of hydrogen-bond acceptors (Lipinski definition) is 5. The van der Waals surface area contributed by atoms with Crippen LogP contribution >= 0.6 is 0 Å². The Labute approximate surface area is 131 Å². The molecule has 0 saturated carbocycles. The van der Waals surface area contributed by atoms with E-state index >= 15 is 0 Å². The molecule has 6 heteroatoms. The zero-order chi connectivity index (χ0) is 16.8. The molecule has 2 rings (SSSR count). The van der Waals surface area contributed by atoms with Crippen molar-refractivity contribution in [1.82, 2.24) is 0 Å². The Kier molecular flexibility index (Phi) is 4.15. The van der Waals surface area contributed by atoms with Gasteiger partial charge < -0.3 is 19.2 Å². The zero-order valence-corrected chi connectivity index (χ0v) is 14.0. The quantitative estimate of drug-likeness (QED) is 0.675. The molecule has 120 valence electrons. The van der Waals surface area contributed by atoms with Crippen LogP contribution in [0.15, 0.2) is 24.3 Å². The van der Waals surface area contributed by atoms with Crippen LogP contribution in [0.4, 0.5) is 0 Å². The van der Waals surface area contributed by atoms with Gasteiger partial charge in [0.15, 0.2) is 5.60 Å². The molecule has 0 aliphatic carbocycles. The van der Waals surface area contributed by atoms with Gasteiger partial charge in [-0.3, -0.25) is 0 Å². The van der Waals surface area contributed by atoms with Crippen molar-refractivity contribution in [2.24, 2.45) is 0 Å². The van der Waals surface area contributed by atoms with Crippen LogP contribution < -0.4 is 5.46 Å². The molecule has 22 heavy (non-hydrogen) atoms. The van der Waals surface area contributed by atoms with Crippen LogP contribution in [0.2, 0.25) is 0 Å². The smallest absolute Gasteiger partial charge is 0.467 e. The van der Waals surface area contributed by atoms with Crippen molar-refractivity contribution < 1.29 is 23.9 Å². The fraction of sp³-hybridized carbons (Fsp3) is 0.562. The van der Waals surface area contributed by atoms with E-state index < -0.39 is 29.9 Å². The number of methoxy groups -OCH3 is 1. The fourth-order valence-corrected chi connectivity index (χ4v) is 2.26. The van der Waals surface area contributed by atoms with Crippen molar-refractivity contribution in [3.8, 4) is 0 Å². The normalized spacial score (nSPS) is 22.2. The molecule has 1 heterocycles. The number of carbonyl (C=O) groups excluding carboxylic acids is 1. The largest absolute Gasteiger partial charge is 0.494 e. The van der Waals surface area contributed by atoms with Gasteiger partial charge in [-0.25, -0.2) is 4.79 Å². The second-order valence-electron chi connectivity index (χ2n) is 6.77. The first kappa shape index (κ1) is 17.0. The molecule has 1 aromatic rings. The van der Waals surface area contributed by atoms with E-state index in [4.69, 9.17) is 9.31 Å². The van der Waals surface area contributed by atoms with Crippen molar-refractivity contribution in [3.63, 3.8) is 0 Å². The highest BCUT2D eigenvalue weighted by molar-refractivity contribution is 6.62. The summed E-state index contributed by atoms with van der Waals surface area (Å²) in [5.74, 6) is -0.698. The number of carbonyl (C=O) groups is 1. The molecular weight excluding hydrogens is 283 g/mol. The molecule has 0 amide bonds. The number of rotatable bonds is 3. The summed E-state index contributed by atoms with van der Waals surface area (Å²) in [6.45, 7) is 9.36. The predicted octanol–water partition coefficient (Wildman–Crippen LogP) is 1.37. The molecule has 0 bridgehead atoms. The minimum Gasteiger partial charge on any atom is -0.467 e. The number of ether oxygens (including phenoxy) is 1. The van der Waals surface area contributed by atoms with Crippen molar-refractivity contribution in [2.45, 2.75) is 51.4 Å². The monoisotopic (exact) mass is 306 g/mol. The van der Waals surface area contributed by atoms with Gasteiger partial charge in [-0.1, -0.05) is 24.3 Å². The molecule has 1 aromatic carbocycles. The fourth-order valence-electron chi connectivity index (χ4n) is 2.26. The average Bonchev–Trinajstić information content (AvgIpc) is 2.66. The summed E-state index contributed by atoms with van der Waals surface area (Å²) in [4.78, 5) is 11.6. The lowest BCUT2D eigenvalue weighted by molar-refractivity contribution is -0.161. The van der Waals surface area contributed by atoms with Crippen LogP contribution in [-0.4, -0.2) is 36.5 Å². The highest BCUT2D eigenvalue weighted by atomic mass is 16.7. The van der Waals surface area contributed by atoms with Crippen molar-refractivity contribution in [2.75, 3.05) is 7.11 Å². The van der Waals surface area contributed by atoms with Gasteiger partial charge in [0.1, 0.15) is 0 Å². The summed E-state index contributed by atoms with van der Waals surface area (Å²) in [6.07, 6.45) is 0. The van der Waals surface area contributed by atoms with Gasteiger partial charge in [-0.15, -0.1) is 0 Å². The Hall–Kier alpha value is -1.37. The summed E-state index contributed by atoms with van der Waals surface area (Å²) in [7, 11) is 0.775. The van der Waals surface area contributed by atoms with Crippen molar-refractivity contribution >= 4 is 18.6 Å². The van der Waals surface area contributed by atoms with E-state index in [2.05, 4.69) is 4.74 Å². The van der Waals surface area contributed by atoms with Crippen LogP contribution in [0.5, 0.6) is 0 Å². The molecule has 1 aliphatic heterocycles. The zero-order valence-electron chi connectivity index (χ0n) is 14.0. The maximum atomic E-state index is 11.6. The van der Waals surface area contributed by atoms with E-state index in [1.54, 1.807) is 24.3 Å². The summed E-state index contributed by atoms with van der Waals surface area (Å²) in [5.41, 5.74) is -1.20. The highest BCUT2D eigenvalue weighted by Crippen LogP contribution is 2.36. The number of esters is 1. The molecule has 0 spiro atoms. The van der Waals surface area contributed by atoms with E-state index in [0.717, 1.165) is 5.46 Å². The summed E-state index contributed by atoms with van der Waals surface area (Å²) in [5, 5.41) is 10.2. The third kappa shape index (κ3) is 2.78. The summed E-state index contributed by atoms with van der Waals surface area (Å²) in [6, 6.07) is 6.93. The first-order chi connectivity index (χ1) is 10.0. The first-order valence-electron chi connectivity index (χ1n) is 7.28. The van der Waals surface area contributed by atoms with Crippen molar-refractivity contribution in [1.29, 1.82) is 0 Å². The Balaban J connectivity index is 2.23. The Bertz CT molecular complexity index is 546. The molecule has 1 N–H and O–H groups in total. The highest BCUT2D eigenvalue weighted by Gasteiger charge is 2.51. The Morgan fingerprint density at radius 2 is 1.59 bits per heavy atom. The minimum atomic E-state index is -1.68. The molecule has 1 unspecified atom stereocenters.